The summed E-state index contributed by atoms with van der Waals surface area (Å²) < 4.78 is 6.09. The first kappa shape index (κ1) is 30.1. The molecule has 3 aromatic heterocycles. The van der Waals surface area contributed by atoms with Gasteiger partial charge in [-0.25, -0.2) is 0 Å². The number of para-hydroxylation sites is 1. The molecule has 0 saturated carbocycles. The van der Waals surface area contributed by atoms with Crippen molar-refractivity contribution in [1.82, 2.24) is 9.97 Å². The van der Waals surface area contributed by atoms with Crippen molar-refractivity contribution in [3.8, 4) is 33.6 Å². The van der Waals surface area contributed by atoms with Gasteiger partial charge in [-0.15, -0.1) is 64.7 Å². The van der Waals surface area contributed by atoms with Crippen LogP contribution in [-0.4, -0.2) is 9.97 Å². The van der Waals surface area contributed by atoms with Crippen LogP contribution in [0.1, 0.15) is 16.7 Å². The summed E-state index contributed by atoms with van der Waals surface area (Å²) in [5.41, 5.74) is 11.9. The summed E-state index contributed by atoms with van der Waals surface area (Å²) in [6.45, 7) is 6.25. The van der Waals surface area contributed by atoms with E-state index in [1.165, 1.54) is 44.0 Å². The van der Waals surface area contributed by atoms with E-state index in [2.05, 4.69) is 96.6 Å². The van der Waals surface area contributed by atoms with Crippen molar-refractivity contribution in [2.45, 2.75) is 20.8 Å². The molecule has 0 bridgehead atoms. The Kier molecular flexibility index (Phi) is 8.71. The average molecular weight is 759 g/mol. The van der Waals surface area contributed by atoms with Crippen molar-refractivity contribution in [1.29, 1.82) is 0 Å². The Morgan fingerprint density at radius 3 is 2.18 bits per heavy atom. The zero-order valence-corrected chi connectivity index (χ0v) is 27.7. The van der Waals surface area contributed by atoms with Gasteiger partial charge in [0, 0.05) is 43.3 Å². The first-order valence-corrected chi connectivity index (χ1v) is 14.7. The van der Waals surface area contributed by atoms with Gasteiger partial charge in [0.15, 0.2) is 0 Å². The second-order valence-corrected chi connectivity index (χ2v) is 11.0. The molecule has 45 heavy (non-hydrogen) atoms. The minimum absolute atomic E-state index is 0. The van der Waals surface area contributed by atoms with Crippen LogP contribution >= 0.6 is 0 Å². The first-order valence-electron chi connectivity index (χ1n) is 14.7. The Morgan fingerprint density at radius 2 is 1.40 bits per heavy atom. The van der Waals surface area contributed by atoms with Crippen LogP contribution in [0.15, 0.2) is 132 Å². The van der Waals surface area contributed by atoms with Crippen molar-refractivity contribution in [2.24, 2.45) is 0 Å². The maximum Gasteiger partial charge on any atom is 0.136 e. The third-order valence-electron chi connectivity index (χ3n) is 8.02. The van der Waals surface area contributed by atoms with Crippen molar-refractivity contribution < 1.29 is 24.5 Å². The summed E-state index contributed by atoms with van der Waals surface area (Å²) in [5.74, 6) is 0. The number of benzene rings is 5. The van der Waals surface area contributed by atoms with E-state index >= 15 is 0 Å². The Morgan fingerprint density at radius 1 is 0.578 bits per heavy atom. The molecule has 3 heterocycles. The van der Waals surface area contributed by atoms with Crippen LogP contribution in [-0.2, 0) is 20.1 Å². The van der Waals surface area contributed by atoms with Gasteiger partial charge < -0.3 is 14.4 Å². The van der Waals surface area contributed by atoms with Crippen LogP contribution in [0, 0.1) is 32.9 Å². The van der Waals surface area contributed by atoms with E-state index < -0.39 is 0 Å². The summed E-state index contributed by atoms with van der Waals surface area (Å²) in [6, 6.07) is 45.9. The van der Waals surface area contributed by atoms with Gasteiger partial charge in [-0.3, -0.25) is 0 Å². The third-order valence-corrected chi connectivity index (χ3v) is 8.02. The minimum atomic E-state index is 0. The van der Waals surface area contributed by atoms with Crippen molar-refractivity contribution in [3.63, 3.8) is 0 Å². The van der Waals surface area contributed by atoms with E-state index in [9.17, 15) is 0 Å². The van der Waals surface area contributed by atoms with Crippen LogP contribution < -0.4 is 0 Å². The number of pyridine rings is 2. The molecule has 3 nitrogen and oxygen atoms in total. The smallest absolute Gasteiger partial charge is 0.136 e. The number of rotatable bonds is 3. The van der Waals surface area contributed by atoms with Crippen molar-refractivity contribution >= 4 is 32.7 Å². The summed E-state index contributed by atoms with van der Waals surface area (Å²) in [4.78, 5) is 8.88. The molecule has 0 aliphatic rings. The second-order valence-electron chi connectivity index (χ2n) is 11.0. The normalized spacial score (nSPS) is 10.8. The number of hydrogen-bond acceptors (Lipinski definition) is 3. The molecule has 0 unspecified atom stereocenters. The van der Waals surface area contributed by atoms with Gasteiger partial charge in [-0.2, -0.15) is 0 Å². The van der Waals surface area contributed by atoms with Gasteiger partial charge in [0.25, 0.3) is 0 Å². The monoisotopic (exact) mass is 759 g/mol. The molecule has 0 atom stereocenters. The quantitative estimate of drug-likeness (QED) is 0.168. The van der Waals surface area contributed by atoms with Gasteiger partial charge in [-0.05, 0) is 58.4 Å². The molecule has 1 radical (unpaired) electrons. The number of fused-ring (bicyclic) bond motifs is 5. The van der Waals surface area contributed by atoms with Gasteiger partial charge in [0.05, 0.1) is 0 Å². The topological polar surface area (TPSA) is 38.9 Å². The van der Waals surface area contributed by atoms with Crippen LogP contribution in [0.3, 0.4) is 0 Å². The molecule has 0 N–H and O–H groups in total. The average Bonchev–Trinajstić information content (AvgIpc) is 3.46. The zero-order chi connectivity index (χ0) is 30.0. The van der Waals surface area contributed by atoms with Crippen LogP contribution in [0.2, 0.25) is 0 Å². The SMILES string of the molecule is Cc1c(-c2ccccn2)[c-]ccc1-c1cccc2c1ccc1oc3ccccc3c12.Cc1c[c-]c(-c2ccc(C)cn2)cc1.[Ir]. The summed E-state index contributed by atoms with van der Waals surface area (Å²) in [5, 5.41) is 4.76. The van der Waals surface area contributed by atoms with Gasteiger partial charge in [0.2, 0.25) is 0 Å². The molecule has 0 spiro atoms. The molecular formula is C41H30IrN2O-2. The number of nitrogens with zero attached hydrogens (tertiary/aromatic N) is 2. The number of hydrogen-bond donors (Lipinski definition) is 0. The molecule has 8 rings (SSSR count). The molecule has 8 aromatic rings. The fourth-order valence-electron chi connectivity index (χ4n) is 5.75. The van der Waals surface area contributed by atoms with E-state index in [4.69, 9.17) is 4.42 Å². The summed E-state index contributed by atoms with van der Waals surface area (Å²) in [7, 11) is 0. The summed E-state index contributed by atoms with van der Waals surface area (Å²) in [6.07, 6.45) is 3.71. The van der Waals surface area contributed by atoms with E-state index in [0.717, 1.165) is 39.1 Å². The number of furan rings is 1. The molecule has 0 saturated heterocycles. The maximum atomic E-state index is 6.09. The minimum Gasteiger partial charge on any atom is -0.456 e. The Hall–Kier alpha value is -4.89. The summed E-state index contributed by atoms with van der Waals surface area (Å²) >= 11 is 0. The molecule has 221 valence electrons. The molecule has 0 aliphatic heterocycles. The van der Waals surface area contributed by atoms with E-state index in [0.29, 0.717) is 0 Å². The van der Waals surface area contributed by atoms with Crippen LogP contribution in [0.25, 0.3) is 66.4 Å². The largest absolute Gasteiger partial charge is 0.456 e. The van der Waals surface area contributed by atoms with E-state index in [1.54, 1.807) is 0 Å². The Labute approximate surface area is 277 Å². The zero-order valence-electron chi connectivity index (χ0n) is 25.3. The Bertz CT molecular complexity index is 2190. The first-order chi connectivity index (χ1) is 21.6. The van der Waals surface area contributed by atoms with Gasteiger partial charge in [0.1, 0.15) is 11.2 Å². The molecule has 4 heteroatoms. The van der Waals surface area contributed by atoms with Crippen molar-refractivity contribution in [3.05, 3.63) is 156 Å². The Balaban J connectivity index is 0.000000201. The molecule has 0 aliphatic carbocycles. The van der Waals surface area contributed by atoms with E-state index in [1.807, 2.05) is 73.9 Å². The molecular weight excluding hydrogens is 729 g/mol. The van der Waals surface area contributed by atoms with Crippen LogP contribution in [0.4, 0.5) is 0 Å². The van der Waals surface area contributed by atoms with Crippen LogP contribution in [0.5, 0.6) is 0 Å². The number of aromatic nitrogens is 2. The molecule has 0 fully saturated rings. The maximum absolute atomic E-state index is 6.09. The standard InChI is InChI=1S/C28H18NO.C13H12N.Ir/c1-18-19(9-6-10-20(18)25-13-4-5-17-29-25)21-11-7-12-23-22(21)15-16-27-28(23)24-8-2-3-14-26(24)30-27;1-10-3-6-12(7-4-10)13-8-5-11(2)9-14-13;/h2-9,11-17H,1H3;3-6,8-9H,1-2H3;/q2*-1;. The van der Waals surface area contributed by atoms with Crippen molar-refractivity contribution in [2.75, 3.05) is 0 Å². The third kappa shape index (κ3) is 5.95. The molecule has 5 aromatic carbocycles. The fourth-order valence-corrected chi connectivity index (χ4v) is 5.75. The van der Waals surface area contributed by atoms with Gasteiger partial charge >= 0.3 is 0 Å². The predicted molar refractivity (Wildman–Crippen MR) is 181 cm³/mol. The molecule has 0 amide bonds. The predicted octanol–water partition coefficient (Wildman–Crippen LogP) is 10.7. The second kappa shape index (κ2) is 13.0. The number of aryl methyl sites for hydroxylation is 2. The van der Waals surface area contributed by atoms with Gasteiger partial charge in [-0.1, -0.05) is 86.1 Å². The fraction of sp³-hybridized carbons (Fsp3) is 0.0732. The van der Waals surface area contributed by atoms with E-state index in [-0.39, 0.29) is 20.1 Å².